The number of aryl methyl sites for hydroxylation is 1. The standard InChI is InChI=1S/C20H24N2O/c23-20(21-15-7-11-17-9-3-1-4-10-17)19-14-8-16-22(19)18-12-5-2-6-13-18/h1-6,9-10,12-13,19H,7-8,11,14-16H2,(H,21,23)/t19-/m0/s1. The number of nitrogens with one attached hydrogen (secondary N) is 1. The average Bonchev–Trinajstić information content (AvgIpc) is 3.10. The first kappa shape index (κ1) is 15.6. The normalized spacial score (nSPS) is 17.2. The van der Waals surface area contributed by atoms with E-state index in [1.54, 1.807) is 0 Å². The molecule has 0 aromatic heterocycles. The van der Waals surface area contributed by atoms with E-state index in [-0.39, 0.29) is 11.9 Å². The molecule has 1 amide bonds. The van der Waals surface area contributed by atoms with E-state index >= 15 is 0 Å². The number of nitrogens with zero attached hydrogens (tertiary/aromatic N) is 1. The minimum Gasteiger partial charge on any atom is -0.360 e. The van der Waals surface area contributed by atoms with Gasteiger partial charge < -0.3 is 10.2 Å². The highest BCUT2D eigenvalue weighted by molar-refractivity contribution is 5.85. The Balaban J connectivity index is 1.48. The number of hydrogen-bond donors (Lipinski definition) is 1. The maximum absolute atomic E-state index is 12.5. The summed E-state index contributed by atoms with van der Waals surface area (Å²) in [4.78, 5) is 14.7. The SMILES string of the molecule is O=C(NCCCc1ccccc1)[C@@H]1CCCN1c1ccccc1. The van der Waals surface area contributed by atoms with Gasteiger partial charge in [0.1, 0.15) is 6.04 Å². The lowest BCUT2D eigenvalue weighted by atomic mass is 10.1. The zero-order chi connectivity index (χ0) is 15.9. The molecule has 0 radical (unpaired) electrons. The molecule has 2 aromatic rings. The van der Waals surface area contributed by atoms with Gasteiger partial charge in [0.25, 0.3) is 0 Å². The Labute approximate surface area is 138 Å². The quantitative estimate of drug-likeness (QED) is 0.830. The highest BCUT2D eigenvalue weighted by atomic mass is 16.2. The Bertz CT molecular complexity index is 612. The van der Waals surface area contributed by atoms with Crippen molar-refractivity contribution in [1.82, 2.24) is 5.32 Å². The molecule has 1 aliphatic heterocycles. The van der Waals surface area contributed by atoms with Crippen LogP contribution in [0.15, 0.2) is 60.7 Å². The summed E-state index contributed by atoms with van der Waals surface area (Å²) in [7, 11) is 0. The predicted octanol–water partition coefficient (Wildman–Crippen LogP) is 3.40. The van der Waals surface area contributed by atoms with Crippen LogP contribution in [-0.4, -0.2) is 25.0 Å². The molecule has 3 rings (SSSR count). The van der Waals surface area contributed by atoms with Gasteiger partial charge in [0, 0.05) is 18.8 Å². The molecule has 1 N–H and O–H groups in total. The smallest absolute Gasteiger partial charge is 0.242 e. The fraction of sp³-hybridized carbons (Fsp3) is 0.350. The first-order chi connectivity index (χ1) is 11.3. The van der Waals surface area contributed by atoms with Crippen molar-refractivity contribution < 1.29 is 4.79 Å². The average molecular weight is 308 g/mol. The van der Waals surface area contributed by atoms with Crippen LogP contribution >= 0.6 is 0 Å². The fourth-order valence-electron chi connectivity index (χ4n) is 3.23. The van der Waals surface area contributed by atoms with Gasteiger partial charge in [-0.1, -0.05) is 48.5 Å². The number of carbonyl (C=O) groups excluding carboxylic acids is 1. The summed E-state index contributed by atoms with van der Waals surface area (Å²) in [6.45, 7) is 1.71. The summed E-state index contributed by atoms with van der Waals surface area (Å²) in [5.74, 6) is 0.166. The van der Waals surface area contributed by atoms with Crippen LogP contribution in [0.2, 0.25) is 0 Å². The van der Waals surface area contributed by atoms with Gasteiger partial charge in [-0.15, -0.1) is 0 Å². The molecule has 3 nitrogen and oxygen atoms in total. The number of benzene rings is 2. The minimum absolute atomic E-state index is 0.0193. The third-order valence-corrected chi connectivity index (χ3v) is 4.43. The summed E-state index contributed by atoms with van der Waals surface area (Å²) in [6.07, 6.45) is 4.01. The second-order valence-electron chi connectivity index (χ2n) is 6.07. The Morgan fingerprint density at radius 2 is 1.74 bits per heavy atom. The number of rotatable bonds is 6. The van der Waals surface area contributed by atoms with Crippen LogP contribution in [0.25, 0.3) is 0 Å². The van der Waals surface area contributed by atoms with Gasteiger partial charge in [-0.25, -0.2) is 0 Å². The highest BCUT2D eigenvalue weighted by Crippen LogP contribution is 2.25. The largest absolute Gasteiger partial charge is 0.360 e. The van der Waals surface area contributed by atoms with Crippen LogP contribution in [-0.2, 0) is 11.2 Å². The van der Waals surface area contributed by atoms with E-state index < -0.39 is 0 Å². The molecule has 2 aromatic carbocycles. The van der Waals surface area contributed by atoms with E-state index in [0.717, 1.165) is 44.5 Å². The van der Waals surface area contributed by atoms with Gasteiger partial charge in [-0.05, 0) is 43.4 Å². The molecule has 0 bridgehead atoms. The van der Waals surface area contributed by atoms with Crippen molar-refractivity contribution in [2.24, 2.45) is 0 Å². The number of carbonyl (C=O) groups is 1. The van der Waals surface area contributed by atoms with Crippen molar-refractivity contribution in [1.29, 1.82) is 0 Å². The van der Waals surface area contributed by atoms with Crippen molar-refractivity contribution in [2.45, 2.75) is 31.7 Å². The molecule has 23 heavy (non-hydrogen) atoms. The maximum Gasteiger partial charge on any atom is 0.242 e. The van der Waals surface area contributed by atoms with Crippen LogP contribution in [0.1, 0.15) is 24.8 Å². The van der Waals surface area contributed by atoms with Gasteiger partial charge >= 0.3 is 0 Å². The number of amides is 1. The molecule has 0 saturated carbocycles. The lowest BCUT2D eigenvalue weighted by molar-refractivity contribution is -0.122. The lowest BCUT2D eigenvalue weighted by Gasteiger charge is -2.26. The van der Waals surface area contributed by atoms with Crippen molar-refractivity contribution >= 4 is 11.6 Å². The third kappa shape index (κ3) is 4.13. The molecule has 0 spiro atoms. The topological polar surface area (TPSA) is 32.3 Å². The van der Waals surface area contributed by atoms with Gasteiger partial charge in [0.05, 0.1) is 0 Å². The number of anilines is 1. The monoisotopic (exact) mass is 308 g/mol. The van der Waals surface area contributed by atoms with Gasteiger partial charge in [-0.3, -0.25) is 4.79 Å². The fourth-order valence-corrected chi connectivity index (χ4v) is 3.23. The van der Waals surface area contributed by atoms with E-state index in [0.29, 0.717) is 0 Å². The van der Waals surface area contributed by atoms with Crippen molar-refractivity contribution in [3.05, 3.63) is 66.2 Å². The molecule has 0 aliphatic carbocycles. The number of hydrogen-bond acceptors (Lipinski definition) is 2. The summed E-state index contributed by atoms with van der Waals surface area (Å²) in [5, 5.41) is 3.11. The van der Waals surface area contributed by atoms with E-state index in [2.05, 4.69) is 46.6 Å². The highest BCUT2D eigenvalue weighted by Gasteiger charge is 2.30. The Kier molecular flexibility index (Phi) is 5.30. The second kappa shape index (κ2) is 7.82. The van der Waals surface area contributed by atoms with E-state index in [4.69, 9.17) is 0 Å². The summed E-state index contributed by atoms with van der Waals surface area (Å²) >= 11 is 0. The summed E-state index contributed by atoms with van der Waals surface area (Å²) < 4.78 is 0. The van der Waals surface area contributed by atoms with Crippen LogP contribution < -0.4 is 10.2 Å². The lowest BCUT2D eigenvalue weighted by Crippen LogP contribution is -2.43. The van der Waals surface area contributed by atoms with Crippen LogP contribution in [0, 0.1) is 0 Å². The molecule has 1 fully saturated rings. The molecule has 1 aliphatic rings. The molecule has 1 atom stereocenters. The predicted molar refractivity (Wildman–Crippen MR) is 94.6 cm³/mol. The first-order valence-electron chi connectivity index (χ1n) is 8.48. The molecule has 3 heteroatoms. The molecule has 1 heterocycles. The zero-order valence-electron chi connectivity index (χ0n) is 13.4. The summed E-state index contributed by atoms with van der Waals surface area (Å²) in [6, 6.07) is 20.6. The Hall–Kier alpha value is -2.29. The Morgan fingerprint density at radius 1 is 1.04 bits per heavy atom. The summed E-state index contributed by atoms with van der Waals surface area (Å²) in [5.41, 5.74) is 2.47. The third-order valence-electron chi connectivity index (χ3n) is 4.43. The van der Waals surface area contributed by atoms with Crippen molar-refractivity contribution in [3.63, 3.8) is 0 Å². The van der Waals surface area contributed by atoms with E-state index in [9.17, 15) is 4.79 Å². The van der Waals surface area contributed by atoms with Crippen LogP contribution in [0.4, 0.5) is 5.69 Å². The van der Waals surface area contributed by atoms with Crippen LogP contribution in [0.3, 0.4) is 0 Å². The van der Waals surface area contributed by atoms with Crippen molar-refractivity contribution in [3.8, 4) is 0 Å². The van der Waals surface area contributed by atoms with Gasteiger partial charge in [0.15, 0.2) is 0 Å². The number of para-hydroxylation sites is 1. The van der Waals surface area contributed by atoms with E-state index in [1.807, 2.05) is 24.3 Å². The molecular formula is C20H24N2O. The minimum atomic E-state index is -0.0193. The molecule has 120 valence electrons. The second-order valence-corrected chi connectivity index (χ2v) is 6.07. The molecular weight excluding hydrogens is 284 g/mol. The maximum atomic E-state index is 12.5. The van der Waals surface area contributed by atoms with Crippen LogP contribution in [0.5, 0.6) is 0 Å². The Morgan fingerprint density at radius 3 is 2.48 bits per heavy atom. The zero-order valence-corrected chi connectivity index (χ0v) is 13.4. The van der Waals surface area contributed by atoms with E-state index in [1.165, 1.54) is 5.56 Å². The van der Waals surface area contributed by atoms with Gasteiger partial charge in [0.2, 0.25) is 5.91 Å². The van der Waals surface area contributed by atoms with Crippen molar-refractivity contribution in [2.75, 3.05) is 18.0 Å². The first-order valence-corrected chi connectivity index (χ1v) is 8.48. The van der Waals surface area contributed by atoms with Gasteiger partial charge in [-0.2, -0.15) is 0 Å². The molecule has 0 unspecified atom stereocenters. The molecule has 1 saturated heterocycles.